The average Bonchev–Trinajstić information content (AvgIpc) is 2.02. The van der Waals surface area contributed by atoms with Crippen LogP contribution in [0.3, 0.4) is 0 Å². The minimum atomic E-state index is -0.267. The Kier molecular flexibility index (Phi) is 6.47. The predicted molar refractivity (Wildman–Crippen MR) is 53.5 cm³/mol. The van der Waals surface area contributed by atoms with E-state index in [9.17, 15) is 9.59 Å². The maximum absolute atomic E-state index is 10.6. The molecule has 0 aromatic heterocycles. The Bertz CT molecular complexity index is 161. The van der Waals surface area contributed by atoms with Gasteiger partial charge in [0.15, 0.2) is 12.1 Å². The van der Waals surface area contributed by atoms with Gasteiger partial charge in [0.25, 0.3) is 0 Å². The van der Waals surface area contributed by atoms with Crippen molar-refractivity contribution >= 4 is 12.1 Å². The van der Waals surface area contributed by atoms with E-state index in [1.165, 1.54) is 6.42 Å². The molecule has 0 spiro atoms. The normalized spacial score (nSPS) is 12.9. The van der Waals surface area contributed by atoms with Crippen molar-refractivity contribution in [2.45, 2.75) is 46.5 Å². The van der Waals surface area contributed by atoms with E-state index in [1.54, 1.807) is 0 Å². The highest BCUT2D eigenvalue weighted by atomic mass is 16.2. The first-order valence-electron chi connectivity index (χ1n) is 5.04. The summed E-state index contributed by atoms with van der Waals surface area (Å²) >= 11 is 0. The molecule has 0 aliphatic carbocycles. The van der Waals surface area contributed by atoms with Crippen molar-refractivity contribution in [3.8, 4) is 0 Å². The Hall–Kier alpha value is -0.660. The van der Waals surface area contributed by atoms with Crippen LogP contribution in [0.2, 0.25) is 0 Å². The molecule has 0 bridgehead atoms. The zero-order valence-corrected chi connectivity index (χ0v) is 8.88. The van der Waals surface area contributed by atoms with Gasteiger partial charge in [-0.15, -0.1) is 0 Å². The van der Waals surface area contributed by atoms with E-state index in [0.29, 0.717) is 18.6 Å². The maximum atomic E-state index is 10.6. The standard InChI is InChI=1S/C11H20O2/c1-9(2)7-10(3)5-4-6-11(13)8-12/h8-10H,4-7H2,1-3H3. The minimum Gasteiger partial charge on any atom is -0.295 e. The third-order valence-corrected chi connectivity index (χ3v) is 2.13. The first-order valence-corrected chi connectivity index (χ1v) is 5.04. The lowest BCUT2D eigenvalue weighted by molar-refractivity contribution is -0.129. The van der Waals surface area contributed by atoms with Crippen molar-refractivity contribution in [3.05, 3.63) is 0 Å². The lowest BCUT2D eigenvalue weighted by atomic mass is 9.94. The summed E-state index contributed by atoms with van der Waals surface area (Å²) in [6.07, 6.45) is 3.96. The van der Waals surface area contributed by atoms with E-state index in [4.69, 9.17) is 0 Å². The Morgan fingerprint density at radius 3 is 2.38 bits per heavy atom. The van der Waals surface area contributed by atoms with E-state index < -0.39 is 0 Å². The Morgan fingerprint density at radius 2 is 1.92 bits per heavy atom. The number of carbonyl (C=O) groups excluding carboxylic acids is 2. The van der Waals surface area contributed by atoms with Gasteiger partial charge in [-0.1, -0.05) is 27.2 Å². The highest BCUT2D eigenvalue weighted by Crippen LogP contribution is 2.16. The van der Waals surface area contributed by atoms with Gasteiger partial charge in [-0.3, -0.25) is 9.59 Å². The molecule has 0 aromatic rings. The van der Waals surface area contributed by atoms with Crippen molar-refractivity contribution in [1.82, 2.24) is 0 Å². The van der Waals surface area contributed by atoms with Gasteiger partial charge in [0.1, 0.15) is 0 Å². The van der Waals surface area contributed by atoms with Crippen molar-refractivity contribution in [3.63, 3.8) is 0 Å². The molecule has 0 saturated carbocycles. The summed E-state index contributed by atoms with van der Waals surface area (Å²) in [5, 5.41) is 0. The second-order valence-corrected chi connectivity index (χ2v) is 4.21. The van der Waals surface area contributed by atoms with Crippen LogP contribution in [0.25, 0.3) is 0 Å². The number of ketones is 1. The number of hydrogen-bond donors (Lipinski definition) is 0. The highest BCUT2D eigenvalue weighted by Gasteiger charge is 2.06. The van der Waals surface area contributed by atoms with Crippen LogP contribution < -0.4 is 0 Å². The Labute approximate surface area is 80.7 Å². The number of Topliss-reactive ketones (excluding diaryl/α,β-unsaturated/α-hetero) is 1. The zero-order valence-electron chi connectivity index (χ0n) is 8.88. The Morgan fingerprint density at radius 1 is 1.31 bits per heavy atom. The summed E-state index contributed by atoms with van der Waals surface area (Å²) in [6.45, 7) is 6.60. The molecular formula is C11H20O2. The van der Waals surface area contributed by atoms with Gasteiger partial charge in [0, 0.05) is 6.42 Å². The van der Waals surface area contributed by atoms with Gasteiger partial charge in [0.05, 0.1) is 0 Å². The fourth-order valence-electron chi connectivity index (χ4n) is 1.61. The molecule has 1 unspecified atom stereocenters. The van der Waals surface area contributed by atoms with Crippen LogP contribution in [0.15, 0.2) is 0 Å². The topological polar surface area (TPSA) is 34.1 Å². The maximum Gasteiger partial charge on any atom is 0.195 e. The molecule has 2 heteroatoms. The van der Waals surface area contributed by atoms with E-state index in [-0.39, 0.29) is 5.78 Å². The molecule has 0 rings (SSSR count). The first-order chi connectivity index (χ1) is 6.06. The highest BCUT2D eigenvalue weighted by molar-refractivity contribution is 6.24. The van der Waals surface area contributed by atoms with E-state index in [1.807, 2.05) is 0 Å². The van der Waals surface area contributed by atoms with Crippen LogP contribution in [-0.2, 0) is 9.59 Å². The number of rotatable bonds is 7. The summed E-state index contributed by atoms with van der Waals surface area (Å²) in [6, 6.07) is 0. The van der Waals surface area contributed by atoms with Crippen molar-refractivity contribution in [2.75, 3.05) is 0 Å². The van der Waals surface area contributed by atoms with Crippen LogP contribution >= 0.6 is 0 Å². The SMILES string of the molecule is CC(C)CC(C)CCCC(=O)C=O. The second kappa shape index (κ2) is 6.81. The van der Waals surface area contributed by atoms with E-state index in [2.05, 4.69) is 20.8 Å². The van der Waals surface area contributed by atoms with Crippen LogP contribution in [-0.4, -0.2) is 12.1 Å². The van der Waals surface area contributed by atoms with Crippen molar-refractivity contribution in [2.24, 2.45) is 11.8 Å². The molecule has 0 saturated heterocycles. The van der Waals surface area contributed by atoms with Crippen molar-refractivity contribution in [1.29, 1.82) is 0 Å². The van der Waals surface area contributed by atoms with Crippen LogP contribution in [0.5, 0.6) is 0 Å². The molecule has 2 nitrogen and oxygen atoms in total. The molecule has 1 atom stereocenters. The quantitative estimate of drug-likeness (QED) is 0.450. The monoisotopic (exact) mass is 184 g/mol. The van der Waals surface area contributed by atoms with Crippen LogP contribution in [0.4, 0.5) is 0 Å². The minimum absolute atomic E-state index is 0.267. The third kappa shape index (κ3) is 7.69. The van der Waals surface area contributed by atoms with Crippen LogP contribution in [0, 0.1) is 11.8 Å². The van der Waals surface area contributed by atoms with Crippen LogP contribution in [0.1, 0.15) is 46.5 Å². The lowest BCUT2D eigenvalue weighted by Crippen LogP contribution is -2.03. The van der Waals surface area contributed by atoms with Gasteiger partial charge in [-0.25, -0.2) is 0 Å². The largest absolute Gasteiger partial charge is 0.295 e. The smallest absolute Gasteiger partial charge is 0.195 e. The summed E-state index contributed by atoms with van der Waals surface area (Å²) in [5.74, 6) is 1.12. The summed E-state index contributed by atoms with van der Waals surface area (Å²) in [7, 11) is 0. The van der Waals surface area contributed by atoms with Gasteiger partial charge >= 0.3 is 0 Å². The van der Waals surface area contributed by atoms with Gasteiger partial charge < -0.3 is 0 Å². The summed E-state index contributed by atoms with van der Waals surface area (Å²) in [4.78, 5) is 20.7. The molecule has 0 heterocycles. The molecule has 0 aliphatic rings. The number of aldehydes is 1. The molecule has 76 valence electrons. The fraction of sp³-hybridized carbons (Fsp3) is 0.818. The molecule has 13 heavy (non-hydrogen) atoms. The van der Waals surface area contributed by atoms with Crippen molar-refractivity contribution < 1.29 is 9.59 Å². The fourth-order valence-corrected chi connectivity index (χ4v) is 1.61. The molecule has 0 fully saturated rings. The number of hydrogen-bond acceptors (Lipinski definition) is 2. The van der Waals surface area contributed by atoms with E-state index >= 15 is 0 Å². The summed E-state index contributed by atoms with van der Waals surface area (Å²) in [5.41, 5.74) is 0. The molecule has 0 amide bonds. The third-order valence-electron chi connectivity index (χ3n) is 2.13. The lowest BCUT2D eigenvalue weighted by Gasteiger charge is -2.12. The molecular weight excluding hydrogens is 164 g/mol. The van der Waals surface area contributed by atoms with Gasteiger partial charge in [0.2, 0.25) is 0 Å². The predicted octanol–water partition coefficient (Wildman–Crippen LogP) is 2.61. The number of carbonyl (C=O) groups is 2. The summed E-state index contributed by atoms with van der Waals surface area (Å²) < 4.78 is 0. The van der Waals surface area contributed by atoms with Gasteiger partial charge in [-0.2, -0.15) is 0 Å². The first kappa shape index (κ1) is 12.3. The molecule has 0 radical (unpaired) electrons. The van der Waals surface area contributed by atoms with E-state index in [0.717, 1.165) is 18.8 Å². The zero-order chi connectivity index (χ0) is 10.3. The molecule has 0 N–H and O–H groups in total. The average molecular weight is 184 g/mol. The molecule has 0 aliphatic heterocycles. The second-order valence-electron chi connectivity index (χ2n) is 4.21. The molecule has 0 aromatic carbocycles. The van der Waals surface area contributed by atoms with Gasteiger partial charge in [-0.05, 0) is 24.7 Å². The Balaban J connectivity index is 3.41.